The topological polar surface area (TPSA) is 40.5 Å². The predicted molar refractivity (Wildman–Crippen MR) is 66.7 cm³/mol. The standard InChI is InChI=1S/C14H19NO2/c16-14(17)13-9-5-2-6-10-15(13)11-12-7-3-1-4-8-12/h1,3-4,7-8,13H,2,5-6,9-11H2,(H,16,17)/t13-/m0/s1. The van der Waals surface area contributed by atoms with Crippen LogP contribution < -0.4 is 0 Å². The van der Waals surface area contributed by atoms with Crippen molar-refractivity contribution in [2.24, 2.45) is 0 Å². The van der Waals surface area contributed by atoms with Gasteiger partial charge in [-0.1, -0.05) is 43.2 Å². The van der Waals surface area contributed by atoms with E-state index in [1.54, 1.807) is 0 Å². The molecule has 3 nitrogen and oxygen atoms in total. The molecule has 1 aromatic rings. The maximum atomic E-state index is 11.3. The molecule has 1 fully saturated rings. The lowest BCUT2D eigenvalue weighted by atomic mass is 10.1. The number of nitrogens with zero attached hydrogens (tertiary/aromatic N) is 1. The molecule has 92 valence electrons. The maximum Gasteiger partial charge on any atom is 0.320 e. The highest BCUT2D eigenvalue weighted by Gasteiger charge is 2.26. The van der Waals surface area contributed by atoms with Crippen LogP contribution in [-0.2, 0) is 11.3 Å². The molecule has 2 rings (SSSR count). The summed E-state index contributed by atoms with van der Waals surface area (Å²) in [5.74, 6) is -0.678. The van der Waals surface area contributed by atoms with Crippen molar-refractivity contribution < 1.29 is 9.90 Å². The van der Waals surface area contributed by atoms with Gasteiger partial charge in [0.05, 0.1) is 0 Å². The summed E-state index contributed by atoms with van der Waals surface area (Å²) in [5.41, 5.74) is 1.20. The minimum Gasteiger partial charge on any atom is -0.480 e. The van der Waals surface area contributed by atoms with Crippen LogP contribution in [0.3, 0.4) is 0 Å². The highest BCUT2D eigenvalue weighted by atomic mass is 16.4. The molecule has 1 aliphatic rings. The van der Waals surface area contributed by atoms with Crippen molar-refractivity contribution in [2.75, 3.05) is 6.54 Å². The highest BCUT2D eigenvalue weighted by Crippen LogP contribution is 2.19. The van der Waals surface area contributed by atoms with Crippen LogP contribution in [0.25, 0.3) is 0 Å². The molecule has 0 amide bonds. The normalized spacial score (nSPS) is 22.0. The Morgan fingerprint density at radius 1 is 1.24 bits per heavy atom. The summed E-state index contributed by atoms with van der Waals surface area (Å²) in [7, 11) is 0. The van der Waals surface area contributed by atoms with Gasteiger partial charge < -0.3 is 5.11 Å². The Morgan fingerprint density at radius 2 is 2.00 bits per heavy atom. The minimum absolute atomic E-state index is 0.308. The van der Waals surface area contributed by atoms with Crippen LogP contribution in [-0.4, -0.2) is 28.6 Å². The van der Waals surface area contributed by atoms with Crippen molar-refractivity contribution in [1.82, 2.24) is 4.90 Å². The average molecular weight is 233 g/mol. The molecule has 0 aromatic heterocycles. The lowest BCUT2D eigenvalue weighted by molar-refractivity contribution is -0.143. The Bertz CT molecular complexity index is 364. The van der Waals surface area contributed by atoms with Crippen molar-refractivity contribution in [3.05, 3.63) is 35.9 Å². The lowest BCUT2D eigenvalue weighted by Gasteiger charge is -2.26. The van der Waals surface area contributed by atoms with Gasteiger partial charge in [-0.05, 0) is 24.9 Å². The third-order valence-corrected chi connectivity index (χ3v) is 3.38. The van der Waals surface area contributed by atoms with Gasteiger partial charge >= 0.3 is 5.97 Å². The molecule has 1 saturated heterocycles. The van der Waals surface area contributed by atoms with E-state index < -0.39 is 5.97 Å². The van der Waals surface area contributed by atoms with E-state index in [2.05, 4.69) is 17.0 Å². The smallest absolute Gasteiger partial charge is 0.320 e. The second-order valence-electron chi connectivity index (χ2n) is 4.66. The number of carboxylic acids is 1. The van der Waals surface area contributed by atoms with Crippen LogP contribution >= 0.6 is 0 Å². The van der Waals surface area contributed by atoms with Crippen molar-refractivity contribution in [1.29, 1.82) is 0 Å². The van der Waals surface area contributed by atoms with Crippen LogP contribution in [0.2, 0.25) is 0 Å². The van der Waals surface area contributed by atoms with E-state index in [1.165, 1.54) is 5.56 Å². The van der Waals surface area contributed by atoms with Crippen molar-refractivity contribution in [2.45, 2.75) is 38.3 Å². The summed E-state index contributed by atoms with van der Waals surface area (Å²) >= 11 is 0. The molecule has 0 radical (unpaired) electrons. The summed E-state index contributed by atoms with van der Waals surface area (Å²) < 4.78 is 0. The van der Waals surface area contributed by atoms with E-state index in [-0.39, 0.29) is 6.04 Å². The number of benzene rings is 1. The molecule has 0 saturated carbocycles. The first-order valence-electron chi connectivity index (χ1n) is 6.28. The molecule has 1 aromatic carbocycles. The van der Waals surface area contributed by atoms with E-state index in [0.717, 1.165) is 38.8 Å². The minimum atomic E-state index is -0.678. The Morgan fingerprint density at radius 3 is 2.71 bits per heavy atom. The fourth-order valence-electron chi connectivity index (χ4n) is 2.45. The number of carboxylic acid groups (broad SMARTS) is 1. The van der Waals surface area contributed by atoms with Crippen LogP contribution in [0.15, 0.2) is 30.3 Å². The third kappa shape index (κ3) is 3.30. The Kier molecular flexibility index (Phi) is 4.15. The van der Waals surface area contributed by atoms with Crippen LogP contribution in [0.1, 0.15) is 31.2 Å². The van der Waals surface area contributed by atoms with Gasteiger partial charge in [-0.3, -0.25) is 9.69 Å². The SMILES string of the molecule is O=C(O)[C@@H]1CCCCCN1Cc1ccccc1. The zero-order chi connectivity index (χ0) is 12.1. The Labute approximate surface area is 102 Å². The lowest BCUT2D eigenvalue weighted by Crippen LogP contribution is -2.40. The molecule has 0 unspecified atom stereocenters. The second kappa shape index (κ2) is 5.82. The number of hydrogen-bond acceptors (Lipinski definition) is 2. The van der Waals surface area contributed by atoms with Gasteiger partial charge in [0.15, 0.2) is 0 Å². The third-order valence-electron chi connectivity index (χ3n) is 3.38. The fourth-order valence-corrected chi connectivity index (χ4v) is 2.45. The van der Waals surface area contributed by atoms with Crippen LogP contribution in [0.4, 0.5) is 0 Å². The van der Waals surface area contributed by atoms with Crippen molar-refractivity contribution in [3.63, 3.8) is 0 Å². The molecule has 1 heterocycles. The summed E-state index contributed by atoms with van der Waals surface area (Å²) in [5, 5.41) is 9.27. The Hall–Kier alpha value is -1.35. The molecule has 1 atom stereocenters. The molecule has 0 spiro atoms. The van der Waals surface area contributed by atoms with E-state index in [0.29, 0.717) is 0 Å². The van der Waals surface area contributed by atoms with E-state index in [4.69, 9.17) is 0 Å². The van der Waals surface area contributed by atoms with Gasteiger partial charge in [0.1, 0.15) is 6.04 Å². The fraction of sp³-hybridized carbons (Fsp3) is 0.500. The van der Waals surface area contributed by atoms with E-state index in [9.17, 15) is 9.90 Å². The summed E-state index contributed by atoms with van der Waals surface area (Å²) in [6, 6.07) is 9.80. The zero-order valence-corrected chi connectivity index (χ0v) is 10.0. The highest BCUT2D eigenvalue weighted by molar-refractivity contribution is 5.73. The van der Waals surface area contributed by atoms with Crippen molar-refractivity contribution >= 4 is 5.97 Å². The second-order valence-corrected chi connectivity index (χ2v) is 4.66. The summed E-state index contributed by atoms with van der Waals surface area (Å²) in [4.78, 5) is 13.4. The van der Waals surface area contributed by atoms with Gasteiger partial charge in [-0.2, -0.15) is 0 Å². The quantitative estimate of drug-likeness (QED) is 0.872. The maximum absolute atomic E-state index is 11.3. The summed E-state index contributed by atoms with van der Waals surface area (Å²) in [6.45, 7) is 1.64. The van der Waals surface area contributed by atoms with Gasteiger partial charge in [0.25, 0.3) is 0 Å². The molecular formula is C14H19NO2. The van der Waals surface area contributed by atoms with E-state index in [1.807, 2.05) is 18.2 Å². The molecule has 0 aliphatic carbocycles. The number of aliphatic carboxylic acids is 1. The number of carbonyl (C=O) groups is 1. The first-order chi connectivity index (χ1) is 8.27. The first-order valence-corrected chi connectivity index (χ1v) is 6.28. The molecule has 1 aliphatic heterocycles. The molecular weight excluding hydrogens is 214 g/mol. The van der Waals surface area contributed by atoms with Crippen molar-refractivity contribution in [3.8, 4) is 0 Å². The predicted octanol–water partition coefficient (Wildman–Crippen LogP) is 2.52. The number of rotatable bonds is 3. The first kappa shape index (κ1) is 12.1. The molecule has 1 N–H and O–H groups in total. The Balaban J connectivity index is 2.07. The average Bonchev–Trinajstić information content (AvgIpc) is 2.56. The number of likely N-dealkylation sites (tertiary alicyclic amines) is 1. The summed E-state index contributed by atoms with van der Waals surface area (Å²) in [6.07, 6.45) is 4.07. The van der Waals surface area contributed by atoms with Crippen LogP contribution in [0, 0.1) is 0 Å². The molecule has 17 heavy (non-hydrogen) atoms. The van der Waals surface area contributed by atoms with Gasteiger partial charge in [-0.15, -0.1) is 0 Å². The van der Waals surface area contributed by atoms with Crippen LogP contribution in [0.5, 0.6) is 0 Å². The van der Waals surface area contributed by atoms with Gasteiger partial charge in [0, 0.05) is 6.54 Å². The van der Waals surface area contributed by atoms with Gasteiger partial charge in [0.2, 0.25) is 0 Å². The zero-order valence-electron chi connectivity index (χ0n) is 10.0. The molecule has 0 bridgehead atoms. The van der Waals surface area contributed by atoms with Gasteiger partial charge in [-0.25, -0.2) is 0 Å². The molecule has 3 heteroatoms. The monoisotopic (exact) mass is 233 g/mol. The largest absolute Gasteiger partial charge is 0.480 e. The number of hydrogen-bond donors (Lipinski definition) is 1. The van der Waals surface area contributed by atoms with E-state index >= 15 is 0 Å².